The van der Waals surface area contributed by atoms with Gasteiger partial charge in [0.25, 0.3) is 0 Å². The highest BCUT2D eigenvalue weighted by molar-refractivity contribution is 5.78. The topological polar surface area (TPSA) is 96.3 Å². The van der Waals surface area contributed by atoms with Crippen molar-refractivity contribution in [3.05, 3.63) is 64.7 Å². The van der Waals surface area contributed by atoms with Crippen LogP contribution in [0.15, 0.2) is 42.5 Å². The smallest absolute Gasteiger partial charge is 0.315 e. The molecule has 1 heterocycles. The Kier molecular flexibility index (Phi) is 12.0. The highest BCUT2D eigenvalue weighted by Crippen LogP contribution is 2.58. The fourth-order valence-corrected chi connectivity index (χ4v) is 8.92. The predicted octanol–water partition coefficient (Wildman–Crippen LogP) is 8.32. The van der Waals surface area contributed by atoms with Crippen LogP contribution in [0.2, 0.25) is 0 Å². The molecule has 0 spiro atoms. The van der Waals surface area contributed by atoms with Crippen LogP contribution < -0.4 is 0 Å². The van der Waals surface area contributed by atoms with Crippen molar-refractivity contribution < 1.29 is 29.3 Å². The summed E-state index contributed by atoms with van der Waals surface area (Å²) in [6, 6.07) is 13.5. The lowest BCUT2D eigenvalue weighted by Gasteiger charge is -2.67. The van der Waals surface area contributed by atoms with Crippen molar-refractivity contribution in [2.75, 3.05) is 13.2 Å². The number of esters is 2. The highest BCUT2D eigenvalue weighted by atomic mass is 16.7. The summed E-state index contributed by atoms with van der Waals surface area (Å²) in [6.45, 7) is 27.4. The second-order valence-corrected chi connectivity index (χ2v) is 17.0. The monoisotopic (exact) mass is 665 g/mol. The van der Waals surface area contributed by atoms with Crippen LogP contribution in [-0.2, 0) is 37.3 Å². The molecular weight excluding hydrogens is 602 g/mol. The quantitative estimate of drug-likeness (QED) is 0.184. The van der Waals surface area contributed by atoms with E-state index in [9.17, 15) is 19.8 Å². The van der Waals surface area contributed by atoms with Crippen molar-refractivity contribution in [1.82, 2.24) is 4.90 Å². The van der Waals surface area contributed by atoms with Crippen molar-refractivity contribution in [2.24, 2.45) is 17.3 Å². The number of benzene rings is 2. The number of phenolic OH excluding ortho intramolecular Hbond substituents is 1. The second-order valence-electron chi connectivity index (χ2n) is 17.0. The van der Waals surface area contributed by atoms with Gasteiger partial charge in [-0.2, -0.15) is 0 Å². The van der Waals surface area contributed by atoms with Crippen LogP contribution in [0, 0.1) is 17.3 Å². The number of aromatic hydroxyl groups is 1. The lowest BCUT2D eigenvalue weighted by atomic mass is 9.55. The zero-order valence-electron chi connectivity index (χ0n) is 32.0. The molecule has 1 saturated heterocycles. The minimum atomic E-state index is -1.74. The van der Waals surface area contributed by atoms with Gasteiger partial charge in [0.2, 0.25) is 5.79 Å². The van der Waals surface area contributed by atoms with E-state index in [1.807, 2.05) is 63.2 Å². The van der Waals surface area contributed by atoms with Crippen LogP contribution in [0.4, 0.5) is 0 Å². The molecule has 0 aliphatic carbocycles. The average molecular weight is 666 g/mol. The Morgan fingerprint density at radius 1 is 0.958 bits per heavy atom. The first-order valence-electron chi connectivity index (χ1n) is 17.8. The fraction of sp³-hybridized carbons (Fsp3) is 0.659. The molecule has 0 saturated carbocycles. The molecule has 7 nitrogen and oxygen atoms in total. The molecule has 48 heavy (non-hydrogen) atoms. The first-order valence-corrected chi connectivity index (χ1v) is 17.8. The zero-order valence-corrected chi connectivity index (χ0v) is 32.0. The molecule has 3 rings (SSSR count). The number of nitrogens with zero attached hydrogens (tertiary/aromatic N) is 1. The van der Waals surface area contributed by atoms with E-state index in [1.54, 1.807) is 0 Å². The van der Waals surface area contributed by atoms with Crippen LogP contribution in [0.5, 0.6) is 5.75 Å². The molecule has 0 radical (unpaired) electrons. The lowest BCUT2D eigenvalue weighted by molar-refractivity contribution is -0.342. The van der Waals surface area contributed by atoms with Crippen LogP contribution in [-0.4, -0.2) is 57.1 Å². The van der Waals surface area contributed by atoms with Gasteiger partial charge in [0.05, 0.1) is 5.92 Å². The Hall–Kier alpha value is -2.90. The lowest BCUT2D eigenvalue weighted by Crippen LogP contribution is -2.78. The molecular formula is C41H63NO6. The van der Waals surface area contributed by atoms with Crippen molar-refractivity contribution in [1.29, 1.82) is 0 Å². The van der Waals surface area contributed by atoms with Crippen molar-refractivity contribution >= 4 is 11.9 Å². The van der Waals surface area contributed by atoms with Crippen molar-refractivity contribution in [3.8, 4) is 5.75 Å². The summed E-state index contributed by atoms with van der Waals surface area (Å²) in [5.74, 6) is -3.52. The minimum absolute atomic E-state index is 0.200. The Morgan fingerprint density at radius 3 is 2.08 bits per heavy atom. The van der Waals surface area contributed by atoms with E-state index in [0.717, 1.165) is 22.3 Å². The van der Waals surface area contributed by atoms with Gasteiger partial charge < -0.3 is 19.7 Å². The number of aryl methyl sites for hydroxylation is 2. The maximum Gasteiger partial charge on any atom is 0.315 e. The standard InChI is InChI=1S/C41H63NO6/c1-14-29-25-28(26-31(34(29)44)37(4,5)6)21-22-33(43)47-24-23-42-39(10,11)32(15-2)41(46,36(38(7,8)9)40(42,12)13)48-35(45)27(3)30-19-17-16-18-20-30/h16-20,25-27,32,36,44,46H,14-15,21-24H2,1-13H3. The largest absolute Gasteiger partial charge is 0.507 e. The number of likely N-dealkylation sites (tertiary alicyclic amines) is 1. The summed E-state index contributed by atoms with van der Waals surface area (Å²) in [5.41, 5.74) is 1.72. The Labute approximate surface area is 290 Å². The molecule has 2 aromatic carbocycles. The summed E-state index contributed by atoms with van der Waals surface area (Å²) in [4.78, 5) is 29.1. The number of rotatable bonds is 11. The maximum absolute atomic E-state index is 13.7. The SMILES string of the molecule is CCc1cc(CCC(=O)OCCN2C(C)(C)C(CC)C(O)(OC(=O)C(C)c3ccccc3)C(C(C)(C)C)C2(C)C)cc(C(C)(C)C)c1O. The van der Waals surface area contributed by atoms with E-state index in [0.29, 0.717) is 31.6 Å². The van der Waals surface area contributed by atoms with E-state index in [2.05, 4.69) is 74.1 Å². The molecule has 0 bridgehead atoms. The fourth-order valence-electron chi connectivity index (χ4n) is 8.92. The third-order valence-electron chi connectivity index (χ3n) is 10.7. The minimum Gasteiger partial charge on any atom is -0.507 e. The van der Waals surface area contributed by atoms with Gasteiger partial charge in [0, 0.05) is 35.9 Å². The first-order chi connectivity index (χ1) is 22.0. The van der Waals surface area contributed by atoms with Gasteiger partial charge in [0.15, 0.2) is 0 Å². The van der Waals surface area contributed by atoms with Gasteiger partial charge in [-0.1, -0.05) is 97.9 Å². The third-order valence-corrected chi connectivity index (χ3v) is 10.7. The van der Waals surface area contributed by atoms with Crippen LogP contribution in [0.1, 0.15) is 131 Å². The van der Waals surface area contributed by atoms with Crippen LogP contribution in [0.3, 0.4) is 0 Å². The number of carbonyl (C=O) groups is 2. The molecule has 1 aliphatic rings. The molecule has 4 atom stereocenters. The number of ether oxygens (including phenoxy) is 2. The molecule has 0 amide bonds. The predicted molar refractivity (Wildman–Crippen MR) is 193 cm³/mol. The molecule has 2 N–H and O–H groups in total. The molecule has 1 fully saturated rings. The summed E-state index contributed by atoms with van der Waals surface area (Å²) in [5, 5.41) is 23.5. The molecule has 268 valence electrons. The molecule has 7 heteroatoms. The summed E-state index contributed by atoms with van der Waals surface area (Å²) < 4.78 is 12.2. The number of piperidine rings is 1. The van der Waals surface area contributed by atoms with E-state index >= 15 is 0 Å². The number of phenols is 1. The third kappa shape index (κ3) is 8.10. The first kappa shape index (κ1) is 39.5. The number of aliphatic hydroxyl groups is 1. The maximum atomic E-state index is 13.7. The Bertz CT molecular complexity index is 1420. The number of hydrogen-bond acceptors (Lipinski definition) is 7. The van der Waals surface area contributed by atoms with Gasteiger partial charge in [0.1, 0.15) is 12.4 Å². The van der Waals surface area contributed by atoms with Gasteiger partial charge in [-0.15, -0.1) is 0 Å². The highest BCUT2D eigenvalue weighted by Gasteiger charge is 2.68. The summed E-state index contributed by atoms with van der Waals surface area (Å²) in [7, 11) is 0. The summed E-state index contributed by atoms with van der Waals surface area (Å²) >= 11 is 0. The molecule has 1 aliphatic heterocycles. The second kappa shape index (κ2) is 14.5. The van der Waals surface area contributed by atoms with Crippen LogP contribution >= 0.6 is 0 Å². The van der Waals surface area contributed by atoms with Gasteiger partial charge in [-0.05, 0) is 87.0 Å². The van der Waals surface area contributed by atoms with E-state index in [1.165, 1.54) is 0 Å². The number of hydrogen-bond donors (Lipinski definition) is 2. The van der Waals surface area contributed by atoms with Gasteiger partial charge >= 0.3 is 11.9 Å². The van der Waals surface area contributed by atoms with Crippen molar-refractivity contribution in [2.45, 2.75) is 144 Å². The Balaban J connectivity index is 1.81. The van der Waals surface area contributed by atoms with Gasteiger partial charge in [-0.25, -0.2) is 0 Å². The van der Waals surface area contributed by atoms with Gasteiger partial charge in [-0.3, -0.25) is 14.5 Å². The normalized spacial score (nSPS) is 23.4. The van der Waals surface area contributed by atoms with E-state index in [4.69, 9.17) is 9.47 Å². The zero-order chi connectivity index (χ0) is 36.5. The van der Waals surface area contributed by atoms with Crippen LogP contribution in [0.25, 0.3) is 0 Å². The number of carbonyl (C=O) groups excluding carboxylic acids is 2. The van der Waals surface area contributed by atoms with Crippen molar-refractivity contribution in [3.63, 3.8) is 0 Å². The molecule has 2 aromatic rings. The molecule has 0 aromatic heterocycles. The molecule has 4 unspecified atom stereocenters. The summed E-state index contributed by atoms with van der Waals surface area (Å²) in [6.07, 6.45) is 2.06. The van der Waals surface area contributed by atoms with E-state index < -0.39 is 46.0 Å². The Morgan fingerprint density at radius 2 is 1.56 bits per heavy atom. The average Bonchev–Trinajstić information content (AvgIpc) is 2.96. The van der Waals surface area contributed by atoms with E-state index in [-0.39, 0.29) is 24.4 Å².